The third kappa shape index (κ3) is 12.1. The summed E-state index contributed by atoms with van der Waals surface area (Å²) in [6.07, 6.45) is -35.9. The molecule has 0 bridgehead atoms. The smallest absolute Gasteiger partial charge is 0.331 e. The van der Waals surface area contributed by atoms with Gasteiger partial charge in [0.1, 0.15) is 114 Å². The largest absolute Gasteiger partial charge is 0.508 e. The lowest BCUT2D eigenvalue weighted by molar-refractivity contribution is -0.358. The van der Waals surface area contributed by atoms with Gasteiger partial charge in [-0.15, -0.1) is 0 Å². The van der Waals surface area contributed by atoms with Crippen LogP contribution in [0, 0.1) is 0 Å². The third-order valence-electron chi connectivity index (χ3n) is 13.6. The molecular weight excluding hydrogens is 1080 g/mol. The van der Waals surface area contributed by atoms with E-state index in [-0.39, 0.29) is 34.1 Å². The first-order valence-electron chi connectivity index (χ1n) is 24.5. The van der Waals surface area contributed by atoms with Crippen LogP contribution in [0.3, 0.4) is 0 Å². The predicted octanol–water partition coefficient (Wildman–Crippen LogP) is -5.14. The molecule has 30 heteroatoms. The molecule has 4 saturated heterocycles. The van der Waals surface area contributed by atoms with Gasteiger partial charge in [-0.05, 0) is 48.0 Å². The van der Waals surface area contributed by atoms with Gasteiger partial charge in [0, 0.05) is 23.8 Å². The number of hydrogen-bond donors (Lipinski definition) is 16. The molecule has 0 spiro atoms. The topological polar surface area (TPSA) is 472 Å². The fraction of sp³-hybridized carbons (Fsp3) is 0.520. The number of fused-ring (bicyclic) bond motifs is 1. The number of hydrogen-bond acceptors (Lipinski definition) is 30. The van der Waals surface area contributed by atoms with Crippen molar-refractivity contribution in [1.29, 1.82) is 0 Å². The van der Waals surface area contributed by atoms with Crippen molar-refractivity contribution >= 4 is 23.0 Å². The highest BCUT2D eigenvalue weighted by atomic mass is 16.8. The highest BCUT2D eigenvalue weighted by Gasteiger charge is 2.54. The normalized spacial score (nSPS) is 34.7. The number of phenolic OH excluding ortho intramolecular Hbond substituents is 3. The van der Waals surface area contributed by atoms with Crippen LogP contribution in [-0.2, 0) is 38.0 Å². The molecule has 8 rings (SSSR count). The van der Waals surface area contributed by atoms with Crippen LogP contribution >= 0.6 is 0 Å². The first-order valence-corrected chi connectivity index (χ1v) is 24.5. The Balaban J connectivity index is 1.10. The van der Waals surface area contributed by atoms with E-state index < -0.39 is 195 Å². The number of carbonyl (C=O) groups is 1. The van der Waals surface area contributed by atoms with Gasteiger partial charge in [0.2, 0.25) is 29.5 Å². The Morgan fingerprint density at radius 2 is 1.07 bits per heavy atom. The summed E-state index contributed by atoms with van der Waals surface area (Å²) in [5.74, 6) is -4.51. The zero-order valence-electron chi connectivity index (χ0n) is 42.0. The van der Waals surface area contributed by atoms with Crippen LogP contribution in [0.15, 0.2) is 63.8 Å². The molecule has 0 unspecified atom stereocenters. The van der Waals surface area contributed by atoms with Crippen LogP contribution in [0.2, 0.25) is 0 Å². The zero-order chi connectivity index (χ0) is 58.0. The maximum absolute atomic E-state index is 14.7. The van der Waals surface area contributed by atoms with Gasteiger partial charge in [0.15, 0.2) is 42.0 Å². The van der Waals surface area contributed by atoms with Crippen LogP contribution in [0.4, 0.5) is 0 Å². The van der Waals surface area contributed by atoms with E-state index in [1.54, 1.807) is 0 Å². The Hall–Kier alpha value is -6.08. The van der Waals surface area contributed by atoms with E-state index in [2.05, 4.69) is 0 Å². The number of phenols is 3. The molecule has 20 atom stereocenters. The summed E-state index contributed by atoms with van der Waals surface area (Å²) >= 11 is 0. The number of aliphatic hydroxyl groups is 13. The average molecular weight is 1140 g/mol. The van der Waals surface area contributed by atoms with Crippen molar-refractivity contribution in [3.63, 3.8) is 0 Å². The molecule has 3 aromatic carbocycles. The molecule has 0 radical (unpaired) electrons. The summed E-state index contributed by atoms with van der Waals surface area (Å²) in [4.78, 5) is 28.1. The zero-order valence-corrected chi connectivity index (χ0v) is 42.0. The molecule has 440 valence electrons. The number of ether oxygens (including phenoxy) is 11. The van der Waals surface area contributed by atoms with E-state index in [1.807, 2.05) is 0 Å². The third-order valence-corrected chi connectivity index (χ3v) is 13.6. The van der Waals surface area contributed by atoms with Gasteiger partial charge in [0.05, 0.1) is 40.6 Å². The fourth-order valence-electron chi connectivity index (χ4n) is 9.23. The number of rotatable bonds is 18. The van der Waals surface area contributed by atoms with E-state index in [4.69, 9.17) is 56.5 Å². The molecule has 1 aromatic heterocycles. The fourth-order valence-corrected chi connectivity index (χ4v) is 9.23. The number of esters is 1. The first kappa shape index (κ1) is 60.0. The lowest BCUT2D eigenvalue weighted by atomic mass is 9.97. The quantitative estimate of drug-likeness (QED) is 0.0327. The second-order valence-electron chi connectivity index (χ2n) is 18.7. The van der Waals surface area contributed by atoms with E-state index in [0.717, 1.165) is 18.2 Å². The number of carbonyl (C=O) groups excluding carboxylic acids is 1. The summed E-state index contributed by atoms with van der Waals surface area (Å²) in [5.41, 5.74) is -1.45. The van der Waals surface area contributed by atoms with E-state index in [1.165, 1.54) is 56.7 Å². The molecular formula is C50H60O30. The van der Waals surface area contributed by atoms with E-state index >= 15 is 0 Å². The highest BCUT2D eigenvalue weighted by molar-refractivity contribution is 5.89. The molecule has 4 aromatic rings. The number of methoxy groups -OCH3 is 2. The van der Waals surface area contributed by atoms with Gasteiger partial charge in [-0.1, -0.05) is 0 Å². The predicted molar refractivity (Wildman–Crippen MR) is 259 cm³/mol. The summed E-state index contributed by atoms with van der Waals surface area (Å²) in [7, 11) is 2.54. The lowest BCUT2D eigenvalue weighted by Gasteiger charge is -2.46. The molecule has 0 amide bonds. The van der Waals surface area contributed by atoms with Crippen LogP contribution in [-0.4, -0.2) is 251 Å². The summed E-state index contributed by atoms with van der Waals surface area (Å²) in [5, 5.41) is 170. The number of benzene rings is 3. The number of aliphatic hydroxyl groups excluding tert-OH is 13. The average Bonchev–Trinajstić information content (AvgIpc) is 3.61. The van der Waals surface area contributed by atoms with Gasteiger partial charge < -0.3 is 138 Å². The Morgan fingerprint density at radius 1 is 0.562 bits per heavy atom. The minimum Gasteiger partial charge on any atom is -0.508 e. The minimum absolute atomic E-state index is 0.0247. The van der Waals surface area contributed by atoms with Gasteiger partial charge in [-0.25, -0.2) is 4.79 Å². The van der Waals surface area contributed by atoms with Crippen molar-refractivity contribution in [2.75, 3.05) is 40.6 Å². The summed E-state index contributed by atoms with van der Waals surface area (Å²) in [6.45, 7) is -3.71. The molecule has 30 nitrogen and oxygen atoms in total. The Labute approximate surface area is 450 Å². The SMILES string of the molecule is COc1cc(C=CC(=O)O[C@H]2[C@H](O[C@H]3[C@H](Oc4c(-c5ccc(O)cc5)oc5cc(O[C@@H]6O[C@H](CO)[C@@H](O[C@@H]7O[C@H](CO)[C@@H](O)[C@H](O)[C@H]7O)[C@H](O)[C@H]6O)cc(O)c5c4=O)O[C@H](CO)[C@@H](O)[C@@H]3O)O[C@H](CO)[C@@H](O)[C@@H]2O)cc(OC)c1O. The maximum atomic E-state index is 14.7. The minimum atomic E-state index is -2.17. The van der Waals surface area contributed by atoms with Gasteiger partial charge in [0.25, 0.3) is 0 Å². The standard InChI is InChI=1S/C50H60O30/c1-69-23-9-17(10-24(70-2)31(23)58)3-8-29(57)77-45-37(64)33(60)26(14-52)74-49(45)80-46-38(65)34(61)27(15-53)75-50(46)79-44-35(62)30-21(56)11-20(12-22(30)72-42(44)18-4-6-19(55)7-5-18)71-47-41(68)39(66)43(28(16-54)76-47)78-48-40(67)36(63)32(59)25(13-51)73-48/h3-12,25-28,32-34,36-41,43,45-56,58-61,63-68H,13-16H2,1-2H3/t25-,26-,27-,28-,32-,33-,34-,36+,37+,38+,39-,40-,41-,43-,45-,46-,47-,48+,49+,50+/m1/s1. The first-order chi connectivity index (χ1) is 38.2. The maximum Gasteiger partial charge on any atom is 0.331 e. The Morgan fingerprint density at radius 3 is 1.66 bits per heavy atom. The molecule has 16 N–H and O–H groups in total. The second kappa shape index (κ2) is 25.4. The van der Waals surface area contributed by atoms with Crippen molar-refractivity contribution in [3.8, 4) is 51.6 Å². The molecule has 5 heterocycles. The van der Waals surface area contributed by atoms with Crippen molar-refractivity contribution in [3.05, 3.63) is 70.4 Å². The van der Waals surface area contributed by atoms with Crippen molar-refractivity contribution < 1.29 is 143 Å². The second-order valence-corrected chi connectivity index (χ2v) is 18.7. The van der Waals surface area contributed by atoms with E-state index in [9.17, 15) is 91.3 Å². The number of aromatic hydroxyl groups is 3. The molecule has 0 aliphatic carbocycles. The van der Waals surface area contributed by atoms with Gasteiger partial charge in [-0.2, -0.15) is 0 Å². The van der Waals surface area contributed by atoms with Crippen LogP contribution < -0.4 is 24.4 Å². The van der Waals surface area contributed by atoms with Crippen molar-refractivity contribution in [2.45, 2.75) is 123 Å². The highest BCUT2D eigenvalue weighted by Crippen LogP contribution is 2.41. The van der Waals surface area contributed by atoms with Crippen molar-refractivity contribution in [1.82, 2.24) is 0 Å². The molecule has 4 aliphatic heterocycles. The Bertz CT molecular complexity index is 2820. The molecule has 4 aliphatic rings. The molecule has 4 fully saturated rings. The lowest BCUT2D eigenvalue weighted by Crippen LogP contribution is -2.65. The van der Waals surface area contributed by atoms with Crippen LogP contribution in [0.5, 0.6) is 40.2 Å². The van der Waals surface area contributed by atoms with Gasteiger partial charge in [-0.3, -0.25) is 4.79 Å². The molecule has 0 saturated carbocycles. The van der Waals surface area contributed by atoms with Gasteiger partial charge >= 0.3 is 5.97 Å². The van der Waals surface area contributed by atoms with Crippen LogP contribution in [0.1, 0.15) is 5.56 Å². The van der Waals surface area contributed by atoms with Crippen molar-refractivity contribution in [2.24, 2.45) is 0 Å². The van der Waals surface area contributed by atoms with E-state index in [0.29, 0.717) is 0 Å². The summed E-state index contributed by atoms with van der Waals surface area (Å²) in [6, 6.07) is 9.40. The molecule has 80 heavy (non-hydrogen) atoms. The summed E-state index contributed by atoms with van der Waals surface area (Å²) < 4.78 is 68.0. The monoisotopic (exact) mass is 1140 g/mol. The Kier molecular flexibility index (Phi) is 19.0. The van der Waals surface area contributed by atoms with Crippen LogP contribution in [0.25, 0.3) is 28.4 Å².